The van der Waals surface area contributed by atoms with Crippen LogP contribution in [0.5, 0.6) is 5.75 Å². The summed E-state index contributed by atoms with van der Waals surface area (Å²) in [6.07, 6.45) is 3.28. The monoisotopic (exact) mass is 666 g/mol. The van der Waals surface area contributed by atoms with E-state index in [2.05, 4.69) is 65.7 Å². The molecule has 0 saturated heterocycles. The van der Waals surface area contributed by atoms with Crippen molar-refractivity contribution in [3.8, 4) is 5.75 Å². The molecule has 4 atom stereocenters. The number of nitrogens with one attached hydrogen (secondary N) is 3. The van der Waals surface area contributed by atoms with Crippen molar-refractivity contribution in [2.45, 2.75) is 77.3 Å². The summed E-state index contributed by atoms with van der Waals surface area (Å²) in [5, 5.41) is 20.1. The quantitative estimate of drug-likeness (QED) is 0.175. The van der Waals surface area contributed by atoms with Crippen LogP contribution in [0.3, 0.4) is 0 Å². The molecule has 1 fully saturated rings. The van der Waals surface area contributed by atoms with E-state index >= 15 is 0 Å². The van der Waals surface area contributed by atoms with Gasteiger partial charge in [0.1, 0.15) is 24.0 Å². The summed E-state index contributed by atoms with van der Waals surface area (Å²) in [5.74, 6) is 1.64. The molecular formula is C35H50N6O5S. The van der Waals surface area contributed by atoms with Crippen LogP contribution in [-0.2, 0) is 22.0 Å². The van der Waals surface area contributed by atoms with Crippen LogP contribution in [0.2, 0.25) is 0 Å². The highest BCUT2D eigenvalue weighted by atomic mass is 32.2. The lowest BCUT2D eigenvalue weighted by Gasteiger charge is -2.26. The maximum Gasteiger partial charge on any atom is 0.251 e. The molecule has 3 aromatic rings. The first-order valence-corrected chi connectivity index (χ1v) is 17.7. The molecule has 1 aliphatic carbocycles. The number of carbonyl (C=O) groups is 1. The number of aromatic nitrogens is 2. The zero-order valence-electron chi connectivity index (χ0n) is 28.5. The van der Waals surface area contributed by atoms with Gasteiger partial charge in [0, 0.05) is 38.4 Å². The predicted octanol–water partition coefficient (Wildman–Crippen LogP) is 4.34. The Labute approximate surface area is 279 Å². The molecule has 1 amide bonds. The van der Waals surface area contributed by atoms with Crippen molar-refractivity contribution >= 4 is 27.6 Å². The topological polar surface area (TPSA) is 146 Å². The molecular weight excluding hydrogens is 616 g/mol. The molecule has 0 aliphatic heterocycles. The van der Waals surface area contributed by atoms with Gasteiger partial charge < -0.3 is 25.8 Å². The Hall–Kier alpha value is -3.74. The number of rotatable bonds is 16. The second-order valence-electron chi connectivity index (χ2n) is 13.7. The van der Waals surface area contributed by atoms with E-state index in [-0.39, 0.29) is 29.9 Å². The summed E-state index contributed by atoms with van der Waals surface area (Å²) in [4.78, 5) is 22.4. The van der Waals surface area contributed by atoms with E-state index in [9.17, 15) is 18.3 Å². The zero-order valence-corrected chi connectivity index (χ0v) is 29.3. The SMILES string of the molecule is CC(C)S(=O)(=O)N(C)c1cc(C(=O)N[C@@H](COc2cccnc2)[C@H](O)CNCc2cccc(C(C)(C)C)c2)cc(NC[C@H]2C[C@@H]2C)n1. The minimum absolute atomic E-state index is 0.0147. The second kappa shape index (κ2) is 15.4. The van der Waals surface area contributed by atoms with E-state index in [1.54, 1.807) is 44.4 Å². The number of anilines is 2. The standard InChI is InChI=1S/C35H50N6O5S/c1-23(2)47(44,45)41(7)33-17-26(16-32(40-33)38-19-27-14-24(27)3)34(43)39-30(22-46-29-12-9-13-36-20-29)31(42)21-37-18-25-10-8-11-28(15-25)35(4,5)6/h8-13,15-17,20,23-24,27,30-31,37,42H,14,18-19,21-22H2,1-7H3,(H,38,40)(H,39,43)/t24-,27+,30-,31+/m0/s1. The highest BCUT2D eigenvalue weighted by Crippen LogP contribution is 2.37. The smallest absolute Gasteiger partial charge is 0.251 e. The molecule has 4 N–H and O–H groups in total. The summed E-state index contributed by atoms with van der Waals surface area (Å²) < 4.78 is 33.0. The number of ether oxygens (including phenoxy) is 1. The van der Waals surface area contributed by atoms with Crippen molar-refractivity contribution in [3.63, 3.8) is 0 Å². The Morgan fingerprint density at radius 2 is 1.89 bits per heavy atom. The molecule has 1 aromatic carbocycles. The Balaban J connectivity index is 1.53. The highest BCUT2D eigenvalue weighted by Gasteiger charge is 2.32. The third-order valence-electron chi connectivity index (χ3n) is 8.52. The molecule has 2 aromatic heterocycles. The predicted molar refractivity (Wildman–Crippen MR) is 186 cm³/mol. The van der Waals surface area contributed by atoms with E-state index in [0.29, 0.717) is 36.5 Å². The maximum absolute atomic E-state index is 13.8. The molecule has 4 rings (SSSR count). The van der Waals surface area contributed by atoms with Gasteiger partial charge in [-0.15, -0.1) is 0 Å². The summed E-state index contributed by atoms with van der Waals surface area (Å²) in [6.45, 7) is 13.2. The summed E-state index contributed by atoms with van der Waals surface area (Å²) >= 11 is 0. The lowest BCUT2D eigenvalue weighted by molar-refractivity contribution is 0.0732. The first-order valence-electron chi connectivity index (χ1n) is 16.2. The Morgan fingerprint density at radius 1 is 1.15 bits per heavy atom. The van der Waals surface area contributed by atoms with Crippen LogP contribution in [0.25, 0.3) is 0 Å². The first-order chi connectivity index (χ1) is 22.1. The van der Waals surface area contributed by atoms with Crippen LogP contribution in [0, 0.1) is 11.8 Å². The van der Waals surface area contributed by atoms with Crippen molar-refractivity contribution in [1.82, 2.24) is 20.6 Å². The fourth-order valence-corrected chi connectivity index (χ4v) is 6.03. The normalized spacial score (nSPS) is 17.6. The summed E-state index contributed by atoms with van der Waals surface area (Å²) in [5.41, 5.74) is 2.53. The van der Waals surface area contributed by atoms with Gasteiger partial charge >= 0.3 is 0 Å². The van der Waals surface area contributed by atoms with Crippen molar-refractivity contribution in [2.24, 2.45) is 11.8 Å². The molecule has 0 bridgehead atoms. The largest absolute Gasteiger partial charge is 0.490 e. The highest BCUT2D eigenvalue weighted by molar-refractivity contribution is 7.93. The number of aliphatic hydroxyl groups excluding tert-OH is 1. The van der Waals surface area contributed by atoms with Crippen LogP contribution in [0.4, 0.5) is 11.6 Å². The van der Waals surface area contributed by atoms with E-state index in [4.69, 9.17) is 4.74 Å². The molecule has 0 spiro atoms. The van der Waals surface area contributed by atoms with E-state index in [1.165, 1.54) is 18.7 Å². The Bertz CT molecular complexity index is 1600. The van der Waals surface area contributed by atoms with Gasteiger partial charge in [-0.3, -0.25) is 14.1 Å². The van der Waals surface area contributed by atoms with E-state index < -0.39 is 33.3 Å². The fourth-order valence-electron chi connectivity index (χ4n) is 5.04. The number of aliphatic hydroxyl groups is 1. The van der Waals surface area contributed by atoms with Crippen LogP contribution in [0.1, 0.15) is 69.4 Å². The number of nitrogens with zero attached hydrogens (tertiary/aromatic N) is 3. The van der Waals surface area contributed by atoms with E-state index in [1.807, 2.05) is 12.1 Å². The van der Waals surface area contributed by atoms with Crippen molar-refractivity contribution < 1.29 is 23.1 Å². The summed E-state index contributed by atoms with van der Waals surface area (Å²) in [7, 11) is -2.27. The molecule has 2 heterocycles. The van der Waals surface area contributed by atoms with Crippen LogP contribution >= 0.6 is 0 Å². The van der Waals surface area contributed by atoms with Crippen LogP contribution in [0.15, 0.2) is 60.9 Å². The lowest BCUT2D eigenvalue weighted by Crippen LogP contribution is -2.50. The van der Waals surface area contributed by atoms with Crippen molar-refractivity contribution in [3.05, 3.63) is 77.6 Å². The van der Waals surface area contributed by atoms with Gasteiger partial charge in [-0.25, -0.2) is 13.4 Å². The maximum atomic E-state index is 13.8. The molecule has 11 nitrogen and oxygen atoms in total. The average Bonchev–Trinajstić information content (AvgIpc) is 3.75. The van der Waals surface area contributed by atoms with Crippen LogP contribution in [-0.4, -0.2) is 73.5 Å². The number of amides is 1. The van der Waals surface area contributed by atoms with Crippen LogP contribution < -0.4 is 25.0 Å². The number of sulfonamides is 1. The molecule has 0 unspecified atom stereocenters. The molecule has 1 saturated carbocycles. The molecule has 256 valence electrons. The van der Waals surface area contributed by atoms with Gasteiger partial charge in [0.05, 0.1) is 23.6 Å². The fraction of sp³-hybridized carbons (Fsp3) is 0.514. The number of pyridine rings is 2. The number of hydrogen-bond donors (Lipinski definition) is 4. The Kier molecular flexibility index (Phi) is 11.9. The second-order valence-corrected chi connectivity index (χ2v) is 16.3. The number of hydrogen-bond acceptors (Lipinski definition) is 9. The van der Waals surface area contributed by atoms with Crippen molar-refractivity contribution in [1.29, 1.82) is 0 Å². The van der Waals surface area contributed by atoms with E-state index in [0.717, 1.165) is 16.3 Å². The minimum atomic E-state index is -3.70. The molecule has 0 radical (unpaired) electrons. The third-order valence-corrected chi connectivity index (χ3v) is 10.7. The average molecular weight is 667 g/mol. The van der Waals surface area contributed by atoms with Gasteiger partial charge in [-0.2, -0.15) is 0 Å². The van der Waals surface area contributed by atoms with Gasteiger partial charge in [0.15, 0.2) is 0 Å². The molecule has 1 aliphatic rings. The van der Waals surface area contributed by atoms with Gasteiger partial charge in [0.2, 0.25) is 10.0 Å². The van der Waals surface area contributed by atoms with Gasteiger partial charge in [0.25, 0.3) is 5.91 Å². The Morgan fingerprint density at radius 3 is 2.53 bits per heavy atom. The third kappa shape index (κ3) is 10.1. The number of benzene rings is 1. The molecule has 12 heteroatoms. The number of carbonyl (C=O) groups excluding carboxylic acids is 1. The zero-order chi connectivity index (χ0) is 34.4. The minimum Gasteiger partial charge on any atom is -0.490 e. The lowest BCUT2D eigenvalue weighted by atomic mass is 9.86. The summed E-state index contributed by atoms with van der Waals surface area (Å²) in [6, 6.07) is 14.0. The van der Waals surface area contributed by atoms with Gasteiger partial charge in [-0.05, 0) is 72.9 Å². The molecule has 47 heavy (non-hydrogen) atoms. The van der Waals surface area contributed by atoms with Gasteiger partial charge in [-0.1, -0.05) is 52.0 Å². The van der Waals surface area contributed by atoms with Crippen molar-refractivity contribution in [2.75, 3.05) is 36.4 Å². The first kappa shape index (κ1) is 36.1.